The molecule has 0 unspecified atom stereocenters. The Morgan fingerprint density at radius 1 is 1.38 bits per heavy atom. The van der Waals surface area contributed by atoms with Crippen molar-refractivity contribution < 1.29 is 4.79 Å². The van der Waals surface area contributed by atoms with E-state index in [1.54, 1.807) is 7.05 Å². The monoisotopic (exact) mass is 218 g/mol. The van der Waals surface area contributed by atoms with Crippen LogP contribution in [0.3, 0.4) is 0 Å². The summed E-state index contributed by atoms with van der Waals surface area (Å²) in [6.45, 7) is 2.17. The lowest BCUT2D eigenvalue weighted by molar-refractivity contribution is 0.254. The molecule has 0 bridgehead atoms. The summed E-state index contributed by atoms with van der Waals surface area (Å²) < 4.78 is 0. The second kappa shape index (κ2) is 4.56. The van der Waals surface area contributed by atoms with Crippen LogP contribution in [0.25, 0.3) is 0 Å². The van der Waals surface area contributed by atoms with Gasteiger partial charge in [-0.05, 0) is 42.0 Å². The molecule has 16 heavy (non-hydrogen) atoms. The number of nitrogens with one attached hydrogen (secondary N) is 2. The standard InChI is InChI=1S/C13H18N2O/c1-3-4-9-7-10-5-6-11(10)12(8-9)15-13(16)14-2/h7-8H,3-6H2,1-2H3,(H2,14,15,16). The topological polar surface area (TPSA) is 41.1 Å². The second-order valence-corrected chi connectivity index (χ2v) is 4.24. The molecule has 86 valence electrons. The SMILES string of the molecule is CCCc1cc2c(c(NC(=O)NC)c1)CC2. The summed E-state index contributed by atoms with van der Waals surface area (Å²) in [5.74, 6) is 0. The number of hydrogen-bond acceptors (Lipinski definition) is 1. The van der Waals surface area contributed by atoms with Crippen LogP contribution in [0.1, 0.15) is 30.0 Å². The van der Waals surface area contributed by atoms with Crippen LogP contribution < -0.4 is 10.6 Å². The van der Waals surface area contributed by atoms with E-state index in [0.717, 1.165) is 31.4 Å². The largest absolute Gasteiger partial charge is 0.341 e. The molecule has 0 aromatic heterocycles. The summed E-state index contributed by atoms with van der Waals surface area (Å²) in [5.41, 5.74) is 5.03. The van der Waals surface area contributed by atoms with E-state index in [9.17, 15) is 4.79 Å². The third-order valence-electron chi connectivity index (χ3n) is 3.06. The lowest BCUT2D eigenvalue weighted by Crippen LogP contribution is -2.26. The molecule has 0 atom stereocenters. The molecule has 2 rings (SSSR count). The van der Waals surface area contributed by atoms with Gasteiger partial charge in [0.1, 0.15) is 0 Å². The fourth-order valence-corrected chi connectivity index (χ4v) is 2.13. The van der Waals surface area contributed by atoms with Crippen molar-refractivity contribution in [2.24, 2.45) is 0 Å². The van der Waals surface area contributed by atoms with E-state index in [0.29, 0.717) is 0 Å². The van der Waals surface area contributed by atoms with Gasteiger partial charge < -0.3 is 10.6 Å². The van der Waals surface area contributed by atoms with Crippen molar-refractivity contribution in [1.82, 2.24) is 5.32 Å². The molecule has 2 amide bonds. The first-order chi connectivity index (χ1) is 7.74. The van der Waals surface area contributed by atoms with E-state index in [1.807, 2.05) is 0 Å². The summed E-state index contributed by atoms with van der Waals surface area (Å²) in [6.07, 6.45) is 4.45. The molecule has 0 saturated carbocycles. The van der Waals surface area contributed by atoms with Crippen LogP contribution in [0.15, 0.2) is 12.1 Å². The van der Waals surface area contributed by atoms with Crippen LogP contribution in [0.2, 0.25) is 0 Å². The minimum absolute atomic E-state index is 0.136. The van der Waals surface area contributed by atoms with Gasteiger partial charge >= 0.3 is 6.03 Å². The van der Waals surface area contributed by atoms with Crippen LogP contribution in [0.4, 0.5) is 10.5 Å². The van der Waals surface area contributed by atoms with Gasteiger partial charge in [0.25, 0.3) is 0 Å². The Morgan fingerprint density at radius 2 is 2.19 bits per heavy atom. The first-order valence-corrected chi connectivity index (χ1v) is 5.88. The zero-order valence-corrected chi connectivity index (χ0v) is 9.89. The minimum Gasteiger partial charge on any atom is -0.341 e. The van der Waals surface area contributed by atoms with Crippen molar-refractivity contribution in [3.05, 3.63) is 28.8 Å². The number of aryl methyl sites for hydroxylation is 2. The molecular formula is C13H18N2O. The Bertz CT molecular complexity index is 413. The average Bonchev–Trinajstić information content (AvgIpc) is 2.22. The molecular weight excluding hydrogens is 200 g/mol. The van der Waals surface area contributed by atoms with E-state index in [-0.39, 0.29) is 6.03 Å². The minimum atomic E-state index is -0.136. The normalized spacial score (nSPS) is 12.6. The molecule has 0 saturated heterocycles. The number of carbonyl (C=O) groups is 1. The van der Waals surface area contributed by atoms with Crippen molar-refractivity contribution >= 4 is 11.7 Å². The molecule has 1 aromatic carbocycles. The molecule has 0 fully saturated rings. The van der Waals surface area contributed by atoms with Gasteiger partial charge in [-0.25, -0.2) is 4.79 Å². The molecule has 0 spiro atoms. The van der Waals surface area contributed by atoms with E-state index in [2.05, 4.69) is 29.7 Å². The smallest absolute Gasteiger partial charge is 0.318 e. The lowest BCUT2D eigenvalue weighted by atomic mass is 9.85. The maximum absolute atomic E-state index is 11.3. The van der Waals surface area contributed by atoms with Gasteiger partial charge in [0, 0.05) is 12.7 Å². The predicted octanol–water partition coefficient (Wildman–Crippen LogP) is 2.49. The molecule has 1 aliphatic rings. The van der Waals surface area contributed by atoms with Crippen LogP contribution in [0.5, 0.6) is 0 Å². The van der Waals surface area contributed by atoms with Gasteiger partial charge in [0.2, 0.25) is 0 Å². The number of rotatable bonds is 3. The van der Waals surface area contributed by atoms with Gasteiger partial charge in [-0.15, -0.1) is 0 Å². The van der Waals surface area contributed by atoms with Crippen molar-refractivity contribution in [3.8, 4) is 0 Å². The average molecular weight is 218 g/mol. The summed E-state index contributed by atoms with van der Waals surface area (Å²) in [7, 11) is 1.64. The molecule has 0 aliphatic heterocycles. The van der Waals surface area contributed by atoms with Crippen LogP contribution in [0, 0.1) is 0 Å². The Morgan fingerprint density at radius 3 is 2.75 bits per heavy atom. The maximum Gasteiger partial charge on any atom is 0.318 e. The number of hydrogen-bond donors (Lipinski definition) is 2. The second-order valence-electron chi connectivity index (χ2n) is 4.24. The number of benzene rings is 1. The van der Waals surface area contributed by atoms with Gasteiger partial charge in [0.15, 0.2) is 0 Å². The number of anilines is 1. The molecule has 0 heterocycles. The van der Waals surface area contributed by atoms with E-state index < -0.39 is 0 Å². The highest BCUT2D eigenvalue weighted by molar-refractivity contribution is 5.90. The summed E-state index contributed by atoms with van der Waals surface area (Å²) in [4.78, 5) is 11.3. The Kier molecular flexibility index (Phi) is 3.13. The van der Waals surface area contributed by atoms with Crippen LogP contribution in [-0.4, -0.2) is 13.1 Å². The summed E-state index contributed by atoms with van der Waals surface area (Å²) in [6, 6.07) is 4.25. The van der Waals surface area contributed by atoms with E-state index in [4.69, 9.17) is 0 Å². The van der Waals surface area contributed by atoms with Crippen LogP contribution in [-0.2, 0) is 19.3 Å². The fourth-order valence-electron chi connectivity index (χ4n) is 2.13. The maximum atomic E-state index is 11.3. The zero-order valence-electron chi connectivity index (χ0n) is 9.89. The highest BCUT2D eigenvalue weighted by atomic mass is 16.2. The van der Waals surface area contributed by atoms with Crippen molar-refractivity contribution in [2.45, 2.75) is 32.6 Å². The quantitative estimate of drug-likeness (QED) is 0.804. The van der Waals surface area contributed by atoms with E-state index in [1.165, 1.54) is 16.7 Å². The molecule has 0 radical (unpaired) electrons. The first kappa shape index (κ1) is 11.0. The first-order valence-electron chi connectivity index (χ1n) is 5.88. The fraction of sp³-hybridized carbons (Fsp3) is 0.462. The summed E-state index contributed by atoms with van der Waals surface area (Å²) in [5, 5.41) is 5.49. The molecule has 3 nitrogen and oxygen atoms in total. The molecule has 1 aromatic rings. The van der Waals surface area contributed by atoms with E-state index >= 15 is 0 Å². The number of urea groups is 1. The van der Waals surface area contributed by atoms with Gasteiger partial charge in [0.05, 0.1) is 0 Å². The number of amides is 2. The third-order valence-corrected chi connectivity index (χ3v) is 3.06. The van der Waals surface area contributed by atoms with Gasteiger partial charge in [-0.2, -0.15) is 0 Å². The highest BCUT2D eigenvalue weighted by Gasteiger charge is 2.19. The third kappa shape index (κ3) is 2.03. The number of fused-ring (bicyclic) bond motifs is 1. The van der Waals surface area contributed by atoms with Crippen molar-refractivity contribution in [3.63, 3.8) is 0 Å². The van der Waals surface area contributed by atoms with Crippen molar-refractivity contribution in [2.75, 3.05) is 12.4 Å². The molecule has 3 heteroatoms. The predicted molar refractivity (Wildman–Crippen MR) is 65.9 cm³/mol. The number of carbonyl (C=O) groups excluding carboxylic acids is 1. The zero-order chi connectivity index (χ0) is 11.5. The Hall–Kier alpha value is -1.51. The Balaban J connectivity index is 2.25. The van der Waals surface area contributed by atoms with Gasteiger partial charge in [-0.3, -0.25) is 0 Å². The lowest BCUT2D eigenvalue weighted by Gasteiger charge is -2.24. The molecule has 2 N–H and O–H groups in total. The highest BCUT2D eigenvalue weighted by Crippen LogP contribution is 2.32. The van der Waals surface area contributed by atoms with Gasteiger partial charge in [-0.1, -0.05) is 19.4 Å². The summed E-state index contributed by atoms with van der Waals surface area (Å²) >= 11 is 0. The molecule has 1 aliphatic carbocycles. The Labute approximate surface area is 96.2 Å². The van der Waals surface area contributed by atoms with Crippen LogP contribution >= 0.6 is 0 Å². The van der Waals surface area contributed by atoms with Crippen molar-refractivity contribution in [1.29, 1.82) is 0 Å².